The van der Waals surface area contributed by atoms with Gasteiger partial charge in [0.15, 0.2) is 0 Å². The summed E-state index contributed by atoms with van der Waals surface area (Å²) in [6.07, 6.45) is 0.714. The van der Waals surface area contributed by atoms with Crippen LogP contribution in [0.3, 0.4) is 0 Å². The van der Waals surface area contributed by atoms with Crippen molar-refractivity contribution >= 4 is 11.9 Å². The molecule has 0 bridgehead atoms. The van der Waals surface area contributed by atoms with E-state index in [9.17, 15) is 9.59 Å². The maximum atomic E-state index is 11.9. The molecule has 1 atom stereocenters. The van der Waals surface area contributed by atoms with Crippen LogP contribution in [0.4, 0.5) is 0 Å². The number of hydrogen-bond donors (Lipinski definition) is 1. The van der Waals surface area contributed by atoms with Gasteiger partial charge in [0.2, 0.25) is 0 Å². The molecular weight excluding hydrogens is 246 g/mol. The molecule has 1 amide bonds. The van der Waals surface area contributed by atoms with Gasteiger partial charge in [-0.1, -0.05) is 30.3 Å². The highest BCUT2D eigenvalue weighted by Gasteiger charge is 2.60. The normalized spacial score (nSPS) is 20.7. The Morgan fingerprint density at radius 2 is 2.05 bits per heavy atom. The number of esters is 1. The number of amides is 1. The van der Waals surface area contributed by atoms with Gasteiger partial charge in [0.05, 0.1) is 13.2 Å². The molecule has 19 heavy (non-hydrogen) atoms. The number of nitrogens with one attached hydrogen (secondary N) is 1. The number of benzene rings is 1. The second kappa shape index (κ2) is 5.84. The molecule has 102 valence electrons. The van der Waals surface area contributed by atoms with Crippen molar-refractivity contribution < 1.29 is 19.1 Å². The number of carbonyl (C=O) groups is 2. The quantitative estimate of drug-likeness (QED) is 0.465. The van der Waals surface area contributed by atoms with Crippen LogP contribution in [-0.4, -0.2) is 37.2 Å². The van der Waals surface area contributed by atoms with Crippen LogP contribution in [0.15, 0.2) is 30.3 Å². The zero-order valence-electron chi connectivity index (χ0n) is 10.8. The number of epoxide rings is 1. The van der Waals surface area contributed by atoms with Crippen LogP contribution >= 0.6 is 0 Å². The fourth-order valence-electron chi connectivity index (χ4n) is 1.77. The molecule has 1 aromatic carbocycles. The average molecular weight is 263 g/mol. The van der Waals surface area contributed by atoms with Gasteiger partial charge in [-0.3, -0.25) is 4.79 Å². The van der Waals surface area contributed by atoms with Gasteiger partial charge in [0, 0.05) is 6.54 Å². The van der Waals surface area contributed by atoms with Crippen LogP contribution in [0.1, 0.15) is 12.5 Å². The maximum absolute atomic E-state index is 11.9. The first-order valence-corrected chi connectivity index (χ1v) is 6.32. The highest BCUT2D eigenvalue weighted by atomic mass is 16.6. The van der Waals surface area contributed by atoms with E-state index in [1.807, 2.05) is 30.3 Å². The van der Waals surface area contributed by atoms with Gasteiger partial charge in [-0.25, -0.2) is 4.79 Å². The molecule has 1 N–H and O–H groups in total. The Balaban J connectivity index is 1.80. The van der Waals surface area contributed by atoms with Crippen LogP contribution in [0.5, 0.6) is 0 Å². The van der Waals surface area contributed by atoms with Crippen LogP contribution in [-0.2, 0) is 25.5 Å². The van der Waals surface area contributed by atoms with Gasteiger partial charge in [-0.05, 0) is 18.9 Å². The standard InChI is InChI=1S/C14H17NO4/c1-2-18-13(17)14(10-19-14)12(16)15-9-8-11-6-4-3-5-7-11/h3-7H,2,8-10H2,1H3,(H,15,16). The van der Waals surface area contributed by atoms with Gasteiger partial charge >= 0.3 is 5.97 Å². The van der Waals surface area contributed by atoms with E-state index in [0.717, 1.165) is 5.56 Å². The minimum atomic E-state index is -1.40. The van der Waals surface area contributed by atoms with E-state index in [-0.39, 0.29) is 13.2 Å². The number of carbonyl (C=O) groups excluding carboxylic acids is 2. The summed E-state index contributed by atoms with van der Waals surface area (Å²) in [5.74, 6) is -1.02. The SMILES string of the molecule is CCOC(=O)C1(C(=O)NCCc2ccccc2)CO1. The smallest absolute Gasteiger partial charge is 0.350 e. The van der Waals surface area contributed by atoms with Crippen molar-refractivity contribution in [3.63, 3.8) is 0 Å². The highest BCUT2D eigenvalue weighted by molar-refractivity contribution is 6.08. The van der Waals surface area contributed by atoms with Crippen molar-refractivity contribution in [2.45, 2.75) is 18.9 Å². The Morgan fingerprint density at radius 1 is 1.37 bits per heavy atom. The van der Waals surface area contributed by atoms with Crippen LogP contribution < -0.4 is 5.32 Å². The van der Waals surface area contributed by atoms with Crippen molar-refractivity contribution in [2.75, 3.05) is 19.8 Å². The van der Waals surface area contributed by atoms with Crippen LogP contribution in [0.25, 0.3) is 0 Å². The van der Waals surface area contributed by atoms with Gasteiger partial charge in [-0.2, -0.15) is 0 Å². The summed E-state index contributed by atoms with van der Waals surface area (Å²) in [5.41, 5.74) is -0.267. The molecule has 1 saturated heterocycles. The van der Waals surface area contributed by atoms with E-state index >= 15 is 0 Å². The van der Waals surface area contributed by atoms with Crippen LogP contribution in [0, 0.1) is 0 Å². The Bertz CT molecular complexity index is 454. The Labute approximate surface area is 111 Å². The lowest BCUT2D eigenvalue weighted by Crippen LogP contribution is -2.44. The third kappa shape index (κ3) is 3.12. The number of rotatable bonds is 6. The van der Waals surface area contributed by atoms with Gasteiger partial charge in [0.1, 0.15) is 0 Å². The first-order chi connectivity index (χ1) is 9.19. The van der Waals surface area contributed by atoms with Gasteiger partial charge in [-0.15, -0.1) is 0 Å². The zero-order chi connectivity index (χ0) is 13.7. The van der Waals surface area contributed by atoms with Crippen molar-refractivity contribution in [2.24, 2.45) is 0 Å². The first kappa shape index (κ1) is 13.5. The lowest BCUT2D eigenvalue weighted by Gasteiger charge is -2.11. The Kier molecular flexibility index (Phi) is 4.16. The predicted molar refractivity (Wildman–Crippen MR) is 68.5 cm³/mol. The molecule has 0 radical (unpaired) electrons. The molecule has 5 nitrogen and oxygen atoms in total. The Morgan fingerprint density at radius 3 is 2.63 bits per heavy atom. The van der Waals surface area contributed by atoms with Crippen molar-refractivity contribution in [3.8, 4) is 0 Å². The van der Waals surface area contributed by atoms with E-state index in [0.29, 0.717) is 13.0 Å². The van der Waals surface area contributed by atoms with Crippen molar-refractivity contribution in [3.05, 3.63) is 35.9 Å². The predicted octanol–water partition coefficient (Wildman–Crippen LogP) is 0.677. The molecule has 1 aliphatic heterocycles. The van der Waals surface area contributed by atoms with Gasteiger partial charge < -0.3 is 14.8 Å². The molecule has 1 fully saturated rings. The number of ether oxygens (including phenoxy) is 2. The Hall–Kier alpha value is -1.88. The topological polar surface area (TPSA) is 67.9 Å². The summed E-state index contributed by atoms with van der Waals surface area (Å²) in [6, 6.07) is 9.81. The van der Waals surface area contributed by atoms with Crippen molar-refractivity contribution in [1.29, 1.82) is 0 Å². The third-order valence-electron chi connectivity index (χ3n) is 2.95. The molecule has 5 heteroatoms. The van der Waals surface area contributed by atoms with Crippen molar-refractivity contribution in [1.82, 2.24) is 5.32 Å². The summed E-state index contributed by atoms with van der Waals surface area (Å²) in [7, 11) is 0. The molecule has 1 aliphatic rings. The highest BCUT2D eigenvalue weighted by Crippen LogP contribution is 2.28. The molecule has 1 heterocycles. The van der Waals surface area contributed by atoms with Crippen LogP contribution in [0.2, 0.25) is 0 Å². The van der Waals surface area contributed by atoms with Gasteiger partial charge in [0.25, 0.3) is 11.5 Å². The molecule has 0 spiro atoms. The fraction of sp³-hybridized carbons (Fsp3) is 0.429. The van der Waals surface area contributed by atoms with E-state index in [2.05, 4.69) is 5.32 Å². The minimum absolute atomic E-state index is 0.100. The molecule has 2 rings (SSSR count). The molecule has 1 unspecified atom stereocenters. The molecular formula is C14H17NO4. The summed E-state index contributed by atoms with van der Waals surface area (Å²) in [4.78, 5) is 23.5. The summed E-state index contributed by atoms with van der Waals surface area (Å²) in [5, 5.41) is 2.71. The molecule has 0 aliphatic carbocycles. The molecule has 0 aromatic heterocycles. The maximum Gasteiger partial charge on any atom is 0.350 e. The summed E-state index contributed by atoms with van der Waals surface area (Å²) < 4.78 is 9.82. The minimum Gasteiger partial charge on any atom is -0.463 e. The van der Waals surface area contributed by atoms with E-state index in [1.54, 1.807) is 6.92 Å². The number of hydrogen-bond acceptors (Lipinski definition) is 4. The fourth-order valence-corrected chi connectivity index (χ4v) is 1.77. The molecule has 0 saturated carbocycles. The molecule has 1 aromatic rings. The largest absolute Gasteiger partial charge is 0.463 e. The monoisotopic (exact) mass is 263 g/mol. The summed E-state index contributed by atoms with van der Waals surface area (Å²) in [6.45, 7) is 2.50. The summed E-state index contributed by atoms with van der Waals surface area (Å²) >= 11 is 0. The van der Waals surface area contributed by atoms with E-state index in [1.165, 1.54) is 0 Å². The first-order valence-electron chi connectivity index (χ1n) is 6.32. The zero-order valence-corrected chi connectivity index (χ0v) is 10.8. The lowest BCUT2D eigenvalue weighted by atomic mass is 10.1. The van der Waals surface area contributed by atoms with E-state index < -0.39 is 17.5 Å². The average Bonchev–Trinajstić information content (AvgIpc) is 3.22. The third-order valence-corrected chi connectivity index (χ3v) is 2.95. The lowest BCUT2D eigenvalue weighted by molar-refractivity contribution is -0.153. The second-order valence-corrected chi connectivity index (χ2v) is 4.33. The second-order valence-electron chi connectivity index (χ2n) is 4.33. The van der Waals surface area contributed by atoms with E-state index in [4.69, 9.17) is 9.47 Å².